The van der Waals surface area contributed by atoms with Gasteiger partial charge in [-0.2, -0.15) is 13.2 Å². The van der Waals surface area contributed by atoms with Gasteiger partial charge in [0.25, 0.3) is 0 Å². The van der Waals surface area contributed by atoms with E-state index >= 15 is 0 Å². The van der Waals surface area contributed by atoms with Gasteiger partial charge in [-0.15, -0.1) is 0 Å². The van der Waals surface area contributed by atoms with E-state index < -0.39 is 12.6 Å². The molecule has 17 heavy (non-hydrogen) atoms. The molecule has 1 amide bonds. The smallest absolute Gasteiger partial charge is 0.356 e. The molecule has 0 radical (unpaired) electrons. The Bertz CT molecular complexity index is 243. The van der Waals surface area contributed by atoms with E-state index in [4.69, 9.17) is 0 Å². The fourth-order valence-corrected chi connectivity index (χ4v) is 1.91. The van der Waals surface area contributed by atoms with Gasteiger partial charge in [0.05, 0.1) is 0 Å². The summed E-state index contributed by atoms with van der Waals surface area (Å²) in [6, 6.07) is 0.114. The molecule has 1 heterocycles. The van der Waals surface area contributed by atoms with Crippen LogP contribution in [0.3, 0.4) is 0 Å². The highest BCUT2D eigenvalue weighted by Crippen LogP contribution is 2.21. The summed E-state index contributed by atoms with van der Waals surface area (Å²) in [6.07, 6.45) is -1.88. The average molecular weight is 252 g/mol. The summed E-state index contributed by atoms with van der Waals surface area (Å²) < 4.78 is 35.6. The number of unbranched alkanes of at least 4 members (excludes halogenated alkanes) is 1. The molecule has 1 unspecified atom stereocenters. The van der Waals surface area contributed by atoms with Crippen LogP contribution in [0.5, 0.6) is 0 Å². The van der Waals surface area contributed by atoms with Crippen LogP contribution in [0.15, 0.2) is 0 Å². The van der Waals surface area contributed by atoms with Gasteiger partial charge in [-0.3, -0.25) is 4.79 Å². The second kappa shape index (κ2) is 6.83. The van der Waals surface area contributed by atoms with Gasteiger partial charge in [-0.05, 0) is 32.2 Å². The third kappa shape index (κ3) is 7.20. The summed E-state index contributed by atoms with van der Waals surface area (Å²) in [5.74, 6) is 0.0234. The van der Waals surface area contributed by atoms with Gasteiger partial charge >= 0.3 is 6.18 Å². The number of hydrogen-bond acceptors (Lipinski definition) is 2. The first-order valence-electron chi connectivity index (χ1n) is 6.04. The second-order valence-corrected chi connectivity index (χ2v) is 4.42. The van der Waals surface area contributed by atoms with E-state index in [0.717, 1.165) is 12.8 Å². The van der Waals surface area contributed by atoms with Crippen molar-refractivity contribution in [2.45, 2.75) is 50.7 Å². The maximum absolute atomic E-state index is 11.9. The van der Waals surface area contributed by atoms with E-state index in [1.54, 1.807) is 0 Å². The van der Waals surface area contributed by atoms with Crippen molar-refractivity contribution in [3.8, 4) is 0 Å². The molecule has 1 rings (SSSR count). The predicted octanol–water partition coefficient (Wildman–Crippen LogP) is 1.98. The molecule has 0 aliphatic carbocycles. The molecule has 1 aliphatic rings. The zero-order valence-electron chi connectivity index (χ0n) is 9.78. The molecule has 6 heteroatoms. The van der Waals surface area contributed by atoms with Crippen LogP contribution >= 0.6 is 0 Å². The molecule has 100 valence electrons. The molecule has 0 spiro atoms. The first-order valence-corrected chi connectivity index (χ1v) is 6.04. The normalized spacial score (nSPS) is 22.1. The molecule has 1 saturated heterocycles. The number of alkyl halides is 3. The quantitative estimate of drug-likeness (QED) is 0.735. The van der Waals surface area contributed by atoms with Crippen molar-refractivity contribution >= 4 is 5.91 Å². The SMILES string of the molecule is O=C1CC(NCCCCC(F)(F)F)CCCN1. The average Bonchev–Trinajstić information content (AvgIpc) is 2.40. The number of carbonyl (C=O) groups is 1. The predicted molar refractivity (Wildman–Crippen MR) is 58.6 cm³/mol. The van der Waals surface area contributed by atoms with E-state index in [0.29, 0.717) is 25.9 Å². The highest BCUT2D eigenvalue weighted by Gasteiger charge is 2.25. The van der Waals surface area contributed by atoms with Crippen LogP contribution in [0, 0.1) is 0 Å². The lowest BCUT2D eigenvalue weighted by Crippen LogP contribution is -2.33. The lowest BCUT2D eigenvalue weighted by atomic mass is 10.1. The Hall–Kier alpha value is -0.780. The summed E-state index contributed by atoms with van der Waals surface area (Å²) in [4.78, 5) is 11.2. The Labute approximate surface area is 99.1 Å². The van der Waals surface area contributed by atoms with E-state index in [-0.39, 0.29) is 18.4 Å². The molecule has 3 nitrogen and oxygen atoms in total. The molecule has 1 atom stereocenters. The Morgan fingerprint density at radius 1 is 1.35 bits per heavy atom. The van der Waals surface area contributed by atoms with Gasteiger partial charge in [0.15, 0.2) is 0 Å². The molecule has 0 saturated carbocycles. The van der Waals surface area contributed by atoms with Crippen LogP contribution < -0.4 is 10.6 Å². The third-order valence-corrected chi connectivity index (χ3v) is 2.80. The topological polar surface area (TPSA) is 41.1 Å². The largest absolute Gasteiger partial charge is 0.389 e. The van der Waals surface area contributed by atoms with Crippen molar-refractivity contribution in [1.29, 1.82) is 0 Å². The Morgan fingerprint density at radius 3 is 2.82 bits per heavy atom. The Morgan fingerprint density at radius 2 is 2.12 bits per heavy atom. The van der Waals surface area contributed by atoms with Crippen molar-refractivity contribution in [2.75, 3.05) is 13.1 Å². The minimum atomic E-state index is -4.05. The molecule has 0 aromatic carbocycles. The fraction of sp³-hybridized carbons (Fsp3) is 0.909. The van der Waals surface area contributed by atoms with E-state index in [2.05, 4.69) is 10.6 Å². The van der Waals surface area contributed by atoms with E-state index in [1.807, 2.05) is 0 Å². The van der Waals surface area contributed by atoms with Crippen molar-refractivity contribution in [1.82, 2.24) is 10.6 Å². The van der Waals surface area contributed by atoms with Crippen molar-refractivity contribution < 1.29 is 18.0 Å². The van der Waals surface area contributed by atoms with Crippen LogP contribution in [-0.2, 0) is 4.79 Å². The van der Waals surface area contributed by atoms with Crippen LogP contribution in [-0.4, -0.2) is 31.2 Å². The molecular formula is C11H19F3N2O. The molecule has 0 aromatic heterocycles. The van der Waals surface area contributed by atoms with E-state index in [9.17, 15) is 18.0 Å². The first-order chi connectivity index (χ1) is 7.97. The lowest BCUT2D eigenvalue weighted by molar-refractivity contribution is -0.135. The molecular weight excluding hydrogens is 233 g/mol. The van der Waals surface area contributed by atoms with Gasteiger partial charge in [0.2, 0.25) is 5.91 Å². The van der Waals surface area contributed by atoms with Gasteiger partial charge in [0, 0.05) is 25.4 Å². The number of nitrogens with one attached hydrogen (secondary N) is 2. The maximum atomic E-state index is 11.9. The standard InChI is InChI=1S/C11H19F3N2O/c12-11(13,14)5-1-2-6-15-9-4-3-7-16-10(17)8-9/h9,15H,1-8H2,(H,16,17). The van der Waals surface area contributed by atoms with E-state index in [1.165, 1.54) is 0 Å². The van der Waals surface area contributed by atoms with Gasteiger partial charge in [-0.1, -0.05) is 0 Å². The number of amides is 1. The monoisotopic (exact) mass is 252 g/mol. The summed E-state index contributed by atoms with van der Waals surface area (Å²) in [5.41, 5.74) is 0. The van der Waals surface area contributed by atoms with Crippen molar-refractivity contribution in [2.24, 2.45) is 0 Å². The Balaban J connectivity index is 2.07. The lowest BCUT2D eigenvalue weighted by Gasteiger charge is -2.15. The van der Waals surface area contributed by atoms with Crippen molar-refractivity contribution in [3.63, 3.8) is 0 Å². The Kier molecular flexibility index (Phi) is 5.74. The van der Waals surface area contributed by atoms with Crippen LogP contribution in [0.25, 0.3) is 0 Å². The minimum Gasteiger partial charge on any atom is -0.356 e. The first kappa shape index (κ1) is 14.3. The molecule has 0 aromatic rings. The highest BCUT2D eigenvalue weighted by atomic mass is 19.4. The minimum absolute atomic E-state index is 0.0234. The highest BCUT2D eigenvalue weighted by molar-refractivity contribution is 5.76. The zero-order valence-corrected chi connectivity index (χ0v) is 9.78. The third-order valence-electron chi connectivity index (χ3n) is 2.80. The zero-order chi connectivity index (χ0) is 12.7. The summed E-state index contributed by atoms with van der Waals surface area (Å²) in [6.45, 7) is 1.25. The van der Waals surface area contributed by atoms with Gasteiger partial charge in [0.1, 0.15) is 0 Å². The number of hydrogen-bond donors (Lipinski definition) is 2. The second-order valence-electron chi connectivity index (χ2n) is 4.42. The van der Waals surface area contributed by atoms with Gasteiger partial charge < -0.3 is 10.6 Å². The molecule has 0 bridgehead atoms. The summed E-state index contributed by atoms with van der Waals surface area (Å²) >= 11 is 0. The van der Waals surface area contributed by atoms with Gasteiger partial charge in [-0.25, -0.2) is 0 Å². The van der Waals surface area contributed by atoms with Crippen LogP contribution in [0.4, 0.5) is 13.2 Å². The summed E-state index contributed by atoms with van der Waals surface area (Å²) in [7, 11) is 0. The number of halogens is 3. The molecule has 2 N–H and O–H groups in total. The number of rotatable bonds is 5. The fourth-order valence-electron chi connectivity index (χ4n) is 1.91. The molecule has 1 aliphatic heterocycles. The van der Waals surface area contributed by atoms with Crippen LogP contribution in [0.2, 0.25) is 0 Å². The number of carbonyl (C=O) groups excluding carboxylic acids is 1. The van der Waals surface area contributed by atoms with Crippen molar-refractivity contribution in [3.05, 3.63) is 0 Å². The maximum Gasteiger partial charge on any atom is 0.389 e. The van der Waals surface area contributed by atoms with Crippen LogP contribution in [0.1, 0.15) is 38.5 Å². The summed E-state index contributed by atoms with van der Waals surface area (Å²) in [5, 5.41) is 5.92. The molecule has 1 fully saturated rings.